The third-order valence-electron chi connectivity index (χ3n) is 11.3. The first-order chi connectivity index (χ1) is 31.0. The predicted molar refractivity (Wildman–Crippen MR) is 270 cm³/mol. The van der Waals surface area contributed by atoms with Gasteiger partial charge in [0, 0.05) is 33.8 Å². The lowest BCUT2D eigenvalue weighted by atomic mass is 9.97. The fourth-order valence-corrected chi connectivity index (χ4v) is 8.14. The van der Waals surface area contributed by atoms with Gasteiger partial charge < -0.3 is 9.64 Å². The van der Waals surface area contributed by atoms with Gasteiger partial charge in [0.05, 0.1) is 12.8 Å². The van der Waals surface area contributed by atoms with Crippen LogP contribution in [0.5, 0.6) is 0 Å². The van der Waals surface area contributed by atoms with Gasteiger partial charge >= 0.3 is 0 Å². The number of fused-ring (bicyclic) bond motifs is 2. The van der Waals surface area contributed by atoms with E-state index >= 15 is 0 Å². The highest BCUT2D eigenvalue weighted by Crippen LogP contribution is 2.40. The maximum Gasteiger partial charge on any atom is 0.220 e. The van der Waals surface area contributed by atoms with Crippen LogP contribution in [0.15, 0.2) is 241 Å². The maximum absolute atomic E-state index is 5.74. The van der Waals surface area contributed by atoms with E-state index in [2.05, 4.69) is 211 Å². The molecule has 63 heavy (non-hydrogen) atoms. The van der Waals surface area contributed by atoms with Crippen LogP contribution in [-0.2, 0) is 11.2 Å². The number of anilines is 2. The van der Waals surface area contributed by atoms with E-state index < -0.39 is 0 Å². The van der Waals surface area contributed by atoms with E-state index in [0.29, 0.717) is 5.90 Å². The number of nitrogens with zero attached hydrogens (tertiary/aromatic N) is 2. The average molecular weight is 817 g/mol. The Labute approximate surface area is 372 Å². The first-order valence-electron chi connectivity index (χ1n) is 21.7. The zero-order valence-electron chi connectivity index (χ0n) is 36.3. The topological polar surface area (TPSA) is 24.8 Å². The second-order valence-corrected chi connectivity index (χ2v) is 15.6. The number of ether oxygens (including phenoxy) is 1. The van der Waals surface area contributed by atoms with Crippen LogP contribution in [0.25, 0.3) is 43.8 Å². The Morgan fingerprint density at radius 2 is 1.43 bits per heavy atom. The van der Waals surface area contributed by atoms with Gasteiger partial charge in [0.1, 0.15) is 0 Å². The highest BCUT2D eigenvalue weighted by Gasteiger charge is 2.19. The summed E-state index contributed by atoms with van der Waals surface area (Å²) in [5.74, 6) is 0.626. The van der Waals surface area contributed by atoms with Crippen molar-refractivity contribution >= 4 is 50.0 Å². The largest absolute Gasteiger partial charge is 0.481 e. The Balaban J connectivity index is 1.06. The molecule has 0 fully saturated rings. The van der Waals surface area contributed by atoms with Gasteiger partial charge in [-0.3, -0.25) is 0 Å². The molecule has 0 radical (unpaired) electrons. The molecule has 0 N–H and O–H groups in total. The molecule has 8 rings (SSSR count). The first-order valence-corrected chi connectivity index (χ1v) is 21.7. The summed E-state index contributed by atoms with van der Waals surface area (Å²) in [6, 6.07) is 56.3. The summed E-state index contributed by atoms with van der Waals surface area (Å²) in [5, 5.41) is 4.81. The normalized spacial score (nSPS) is 13.3. The van der Waals surface area contributed by atoms with Crippen molar-refractivity contribution in [1.29, 1.82) is 0 Å². The van der Waals surface area contributed by atoms with E-state index in [0.717, 1.165) is 75.4 Å². The van der Waals surface area contributed by atoms with Crippen molar-refractivity contribution in [2.75, 3.05) is 12.0 Å². The molecule has 0 amide bonds. The average Bonchev–Trinajstić information content (AvgIpc) is 3.58. The van der Waals surface area contributed by atoms with Crippen molar-refractivity contribution in [3.05, 3.63) is 258 Å². The second kappa shape index (κ2) is 20.2. The molecule has 0 atom stereocenters. The number of benzene rings is 7. The van der Waals surface area contributed by atoms with E-state index in [1.54, 1.807) is 7.11 Å². The number of aryl methyl sites for hydroxylation is 1. The highest BCUT2D eigenvalue weighted by atomic mass is 16.5. The molecule has 7 aromatic rings. The lowest BCUT2D eigenvalue weighted by Gasteiger charge is -2.29. The number of aliphatic imine (C=N–C) groups is 1. The van der Waals surface area contributed by atoms with Gasteiger partial charge in [-0.1, -0.05) is 158 Å². The van der Waals surface area contributed by atoms with Crippen molar-refractivity contribution in [3.8, 4) is 11.1 Å². The smallest absolute Gasteiger partial charge is 0.220 e. The third-order valence-corrected chi connectivity index (χ3v) is 11.3. The molecule has 1 aliphatic rings. The van der Waals surface area contributed by atoms with Gasteiger partial charge in [0.15, 0.2) is 0 Å². The van der Waals surface area contributed by atoms with Gasteiger partial charge in [-0.25, -0.2) is 4.99 Å². The molecular weight excluding hydrogens is 765 g/mol. The molecule has 308 valence electrons. The summed E-state index contributed by atoms with van der Waals surface area (Å²) < 4.78 is 5.74. The number of hydrogen-bond acceptors (Lipinski definition) is 3. The van der Waals surface area contributed by atoms with E-state index in [9.17, 15) is 0 Å². The fourth-order valence-electron chi connectivity index (χ4n) is 8.14. The molecule has 0 spiro atoms. The van der Waals surface area contributed by atoms with Crippen molar-refractivity contribution in [3.63, 3.8) is 0 Å². The van der Waals surface area contributed by atoms with Gasteiger partial charge in [-0.15, -0.1) is 5.73 Å². The van der Waals surface area contributed by atoms with E-state index in [-0.39, 0.29) is 0 Å². The molecular formula is C60H52N2O. The minimum atomic E-state index is 0.626. The Hall–Kier alpha value is -7.71. The van der Waals surface area contributed by atoms with Crippen LogP contribution in [0.2, 0.25) is 0 Å². The number of para-hydroxylation sites is 1. The van der Waals surface area contributed by atoms with Crippen LogP contribution in [0.4, 0.5) is 11.4 Å². The molecule has 0 saturated heterocycles. The Bertz CT molecular complexity index is 3040. The van der Waals surface area contributed by atoms with Gasteiger partial charge in [0.2, 0.25) is 5.90 Å². The minimum absolute atomic E-state index is 0.626. The lowest BCUT2D eigenvalue weighted by molar-refractivity contribution is 0.404. The second-order valence-electron chi connectivity index (χ2n) is 15.6. The molecule has 0 heterocycles. The Morgan fingerprint density at radius 3 is 2.19 bits per heavy atom. The number of hydrogen-bond donors (Lipinski definition) is 0. The fraction of sp³-hybridized carbons (Fsp3) is 0.100. The first kappa shape index (κ1) is 42.0. The van der Waals surface area contributed by atoms with Crippen molar-refractivity contribution in [2.24, 2.45) is 4.99 Å². The van der Waals surface area contributed by atoms with Crippen molar-refractivity contribution in [1.82, 2.24) is 0 Å². The van der Waals surface area contributed by atoms with E-state index in [4.69, 9.17) is 9.73 Å². The van der Waals surface area contributed by atoms with Gasteiger partial charge in [-0.2, -0.15) is 0 Å². The summed E-state index contributed by atoms with van der Waals surface area (Å²) in [4.78, 5) is 7.21. The Kier molecular flexibility index (Phi) is 13.5. The molecule has 1 aliphatic carbocycles. The number of unbranched alkanes of at least 4 members (excludes halogenated alkanes) is 1. The molecule has 0 saturated carbocycles. The SMILES string of the molecule is C=C/C=C(\C=C/C)c1ccc(N(C2=CC=C=C(c3ccc4ccccc4c3)C=C2)c2ccccc2-c2cccc(CCC/C=C(C)/N=C(\OC)c3ccc4ccccc4c3)c2)cc1. The third kappa shape index (κ3) is 10.1. The van der Waals surface area contributed by atoms with Crippen LogP contribution in [0.1, 0.15) is 48.9 Å². The zero-order chi connectivity index (χ0) is 43.4. The molecule has 3 heteroatoms. The summed E-state index contributed by atoms with van der Waals surface area (Å²) in [7, 11) is 1.69. The molecule has 0 aliphatic heterocycles. The predicted octanol–water partition coefficient (Wildman–Crippen LogP) is 16.0. The lowest BCUT2D eigenvalue weighted by Crippen LogP contribution is -2.16. The van der Waals surface area contributed by atoms with Crippen LogP contribution < -0.4 is 4.90 Å². The van der Waals surface area contributed by atoms with E-state index in [1.807, 2.05) is 32.1 Å². The maximum atomic E-state index is 5.74. The molecule has 7 aromatic carbocycles. The van der Waals surface area contributed by atoms with Crippen LogP contribution >= 0.6 is 0 Å². The van der Waals surface area contributed by atoms with Crippen molar-refractivity contribution in [2.45, 2.75) is 33.1 Å². The zero-order valence-corrected chi connectivity index (χ0v) is 36.3. The minimum Gasteiger partial charge on any atom is -0.481 e. The molecule has 0 unspecified atom stereocenters. The summed E-state index contributed by atoms with van der Waals surface area (Å²) in [6.45, 7) is 8.04. The highest BCUT2D eigenvalue weighted by molar-refractivity contribution is 5.99. The monoisotopic (exact) mass is 816 g/mol. The summed E-state index contributed by atoms with van der Waals surface area (Å²) in [5.41, 5.74) is 16.7. The summed E-state index contributed by atoms with van der Waals surface area (Å²) in [6.07, 6.45) is 21.7. The molecule has 0 bridgehead atoms. The van der Waals surface area contributed by atoms with E-state index in [1.165, 1.54) is 32.7 Å². The quantitative estimate of drug-likeness (QED) is 0.0359. The van der Waals surface area contributed by atoms with Crippen molar-refractivity contribution < 1.29 is 4.74 Å². The number of allylic oxidation sites excluding steroid dienone is 11. The number of methoxy groups -OCH3 is 1. The summed E-state index contributed by atoms with van der Waals surface area (Å²) >= 11 is 0. The van der Waals surface area contributed by atoms with Crippen LogP contribution in [-0.4, -0.2) is 13.0 Å². The molecule has 3 nitrogen and oxygen atoms in total. The van der Waals surface area contributed by atoms with Crippen LogP contribution in [0, 0.1) is 0 Å². The number of rotatable bonds is 14. The van der Waals surface area contributed by atoms with Gasteiger partial charge in [-0.05, 0) is 143 Å². The van der Waals surface area contributed by atoms with Crippen LogP contribution in [0.3, 0.4) is 0 Å². The van der Waals surface area contributed by atoms with Gasteiger partial charge in [0.25, 0.3) is 0 Å². The standard InChI is InChI=1S/C60H52N2O/c1-5-17-46(18-6-2)50-36-39-57(40-37-50)62(56-28-16-26-49(35-38-56)53-33-31-47-22-9-11-24-51(47)42-53)59-30-14-13-29-58(59)54-27-15-21-45(41-54)20-8-7-19-44(3)61-60(63-4)55-34-32-48-23-10-12-25-52(48)43-55/h5-6,9-19,21-25,27-43H,1,7-8,20H2,2-4H3/b18-6-,44-19+,46-17+,61-60-. The Morgan fingerprint density at radius 1 is 0.714 bits per heavy atom. The molecule has 0 aromatic heterocycles.